The lowest BCUT2D eigenvalue weighted by Crippen LogP contribution is -2.54. The molecule has 88 valence electrons. The second-order valence-electron chi connectivity index (χ2n) is 5.95. The molecule has 1 aliphatic carbocycles. The van der Waals surface area contributed by atoms with Crippen molar-refractivity contribution in [3.63, 3.8) is 0 Å². The third kappa shape index (κ3) is 2.05. The summed E-state index contributed by atoms with van der Waals surface area (Å²) < 4.78 is 11.4. The summed E-state index contributed by atoms with van der Waals surface area (Å²) in [7, 11) is 0. The Morgan fingerprint density at radius 3 is 2.27 bits per heavy atom. The molecule has 0 aromatic rings. The van der Waals surface area contributed by atoms with Gasteiger partial charge in [0, 0.05) is 6.42 Å². The van der Waals surface area contributed by atoms with Crippen molar-refractivity contribution in [2.45, 2.75) is 51.9 Å². The molecule has 0 radical (unpaired) electrons. The highest BCUT2D eigenvalue weighted by Gasteiger charge is 2.48. The second-order valence-corrected chi connectivity index (χ2v) is 5.95. The van der Waals surface area contributed by atoms with Crippen LogP contribution in [-0.2, 0) is 9.47 Å². The molecule has 1 aliphatic heterocycles. The smallest absolute Gasteiger partial charge is 0.183 e. The van der Waals surface area contributed by atoms with Crippen molar-refractivity contribution >= 4 is 0 Å². The highest BCUT2D eigenvalue weighted by atomic mass is 16.7. The summed E-state index contributed by atoms with van der Waals surface area (Å²) in [6, 6.07) is 0.0398. The molecule has 1 heterocycles. The highest BCUT2D eigenvalue weighted by Crippen LogP contribution is 2.43. The van der Waals surface area contributed by atoms with Crippen LogP contribution in [0.15, 0.2) is 0 Å². The maximum absolute atomic E-state index is 6.21. The summed E-state index contributed by atoms with van der Waals surface area (Å²) in [5.41, 5.74) is 6.56. The minimum atomic E-state index is -0.443. The molecule has 0 unspecified atom stereocenters. The zero-order valence-corrected chi connectivity index (χ0v) is 10.1. The Hall–Kier alpha value is -0.120. The molecule has 2 N–H and O–H groups in total. The molecule has 3 heteroatoms. The van der Waals surface area contributed by atoms with Crippen LogP contribution in [0.5, 0.6) is 0 Å². The Morgan fingerprint density at radius 1 is 1.20 bits per heavy atom. The van der Waals surface area contributed by atoms with Crippen molar-refractivity contribution in [3.8, 4) is 0 Å². The molecule has 2 aliphatic rings. The third-order valence-corrected chi connectivity index (χ3v) is 3.95. The Bertz CT molecular complexity index is 228. The van der Waals surface area contributed by atoms with Crippen LogP contribution < -0.4 is 5.73 Å². The molecule has 2 atom stereocenters. The number of ether oxygens (including phenoxy) is 2. The maximum Gasteiger partial charge on any atom is 0.183 e. The van der Waals surface area contributed by atoms with Gasteiger partial charge in [-0.15, -0.1) is 0 Å². The molecule has 0 aromatic carbocycles. The Kier molecular flexibility index (Phi) is 2.82. The fourth-order valence-electron chi connectivity index (χ4n) is 2.78. The van der Waals surface area contributed by atoms with Gasteiger partial charge < -0.3 is 15.2 Å². The van der Waals surface area contributed by atoms with Gasteiger partial charge in [0.1, 0.15) is 0 Å². The molecule has 2 fully saturated rings. The van der Waals surface area contributed by atoms with E-state index in [1.807, 2.05) is 0 Å². The quantitative estimate of drug-likeness (QED) is 0.668. The molecule has 0 amide bonds. The van der Waals surface area contributed by atoms with E-state index in [1.165, 1.54) is 0 Å². The van der Waals surface area contributed by atoms with E-state index in [0.717, 1.165) is 19.3 Å². The average Bonchev–Trinajstić information content (AvgIpc) is 2.58. The van der Waals surface area contributed by atoms with E-state index in [2.05, 4.69) is 20.8 Å². The van der Waals surface area contributed by atoms with Crippen LogP contribution in [0.2, 0.25) is 0 Å². The van der Waals surface area contributed by atoms with Gasteiger partial charge in [-0.3, -0.25) is 0 Å². The molecular weight excluding hydrogens is 190 g/mol. The van der Waals surface area contributed by atoms with Gasteiger partial charge in [-0.05, 0) is 24.2 Å². The fraction of sp³-hybridized carbons (Fsp3) is 1.00. The van der Waals surface area contributed by atoms with Crippen LogP contribution in [0.1, 0.15) is 40.0 Å². The van der Waals surface area contributed by atoms with Crippen LogP contribution in [0.4, 0.5) is 0 Å². The van der Waals surface area contributed by atoms with Crippen molar-refractivity contribution in [2.24, 2.45) is 17.1 Å². The normalized spacial score (nSPS) is 36.0. The summed E-state index contributed by atoms with van der Waals surface area (Å²) in [4.78, 5) is 0. The van der Waals surface area contributed by atoms with E-state index in [9.17, 15) is 0 Å². The minimum absolute atomic E-state index is 0.0398. The first-order valence-corrected chi connectivity index (χ1v) is 5.97. The first-order valence-electron chi connectivity index (χ1n) is 5.97. The first kappa shape index (κ1) is 11.4. The largest absolute Gasteiger partial charge is 0.346 e. The maximum atomic E-state index is 6.21. The molecule has 1 saturated carbocycles. The van der Waals surface area contributed by atoms with Crippen LogP contribution in [0.3, 0.4) is 0 Å². The van der Waals surface area contributed by atoms with E-state index in [-0.39, 0.29) is 6.04 Å². The van der Waals surface area contributed by atoms with E-state index < -0.39 is 5.79 Å². The van der Waals surface area contributed by atoms with Crippen LogP contribution in [-0.4, -0.2) is 25.0 Å². The summed E-state index contributed by atoms with van der Waals surface area (Å²) >= 11 is 0. The molecule has 0 bridgehead atoms. The Morgan fingerprint density at radius 2 is 1.80 bits per heavy atom. The monoisotopic (exact) mass is 213 g/mol. The predicted octanol–water partition coefficient (Wildman–Crippen LogP) is 1.90. The molecule has 1 saturated heterocycles. The summed E-state index contributed by atoms with van der Waals surface area (Å²) in [6.45, 7) is 8.28. The Labute approximate surface area is 92.3 Å². The van der Waals surface area contributed by atoms with E-state index in [0.29, 0.717) is 24.5 Å². The lowest BCUT2D eigenvalue weighted by atomic mass is 9.69. The molecule has 0 aromatic heterocycles. The average molecular weight is 213 g/mol. The zero-order valence-electron chi connectivity index (χ0n) is 10.1. The number of nitrogens with two attached hydrogens (primary N) is 1. The van der Waals surface area contributed by atoms with Gasteiger partial charge in [-0.25, -0.2) is 0 Å². The van der Waals surface area contributed by atoms with Gasteiger partial charge in [0.2, 0.25) is 0 Å². The van der Waals surface area contributed by atoms with Crippen molar-refractivity contribution < 1.29 is 9.47 Å². The van der Waals surface area contributed by atoms with Crippen LogP contribution in [0.25, 0.3) is 0 Å². The van der Waals surface area contributed by atoms with Gasteiger partial charge in [0.05, 0.1) is 19.3 Å². The van der Waals surface area contributed by atoms with Gasteiger partial charge in [-0.1, -0.05) is 20.8 Å². The van der Waals surface area contributed by atoms with Gasteiger partial charge in [-0.2, -0.15) is 0 Å². The zero-order chi connectivity index (χ0) is 11.1. The van der Waals surface area contributed by atoms with E-state index in [4.69, 9.17) is 15.2 Å². The SMILES string of the molecule is CC(C)(C)[C@@H]1CCC2(OCCO2)[C@H](N)C1. The Balaban J connectivity index is 2.03. The summed E-state index contributed by atoms with van der Waals surface area (Å²) in [6.07, 6.45) is 3.14. The minimum Gasteiger partial charge on any atom is -0.346 e. The number of hydrogen-bond acceptors (Lipinski definition) is 3. The lowest BCUT2D eigenvalue weighted by molar-refractivity contribution is -0.198. The summed E-state index contributed by atoms with van der Waals surface area (Å²) in [5, 5.41) is 0. The third-order valence-electron chi connectivity index (χ3n) is 3.95. The van der Waals surface area contributed by atoms with Crippen molar-refractivity contribution in [1.29, 1.82) is 0 Å². The molecule has 1 spiro atoms. The fourth-order valence-corrected chi connectivity index (χ4v) is 2.78. The molecule has 15 heavy (non-hydrogen) atoms. The molecule has 2 rings (SSSR count). The van der Waals surface area contributed by atoms with Crippen molar-refractivity contribution in [2.75, 3.05) is 13.2 Å². The van der Waals surface area contributed by atoms with Crippen LogP contribution >= 0.6 is 0 Å². The predicted molar refractivity (Wildman–Crippen MR) is 59.4 cm³/mol. The second kappa shape index (κ2) is 3.72. The topological polar surface area (TPSA) is 44.5 Å². The van der Waals surface area contributed by atoms with E-state index in [1.54, 1.807) is 0 Å². The van der Waals surface area contributed by atoms with Gasteiger partial charge in [0.25, 0.3) is 0 Å². The standard InChI is InChI=1S/C12H23NO2/c1-11(2,3)9-4-5-12(10(13)8-9)14-6-7-15-12/h9-10H,4-8,13H2,1-3H3/t9-,10-/m1/s1. The van der Waals surface area contributed by atoms with Gasteiger partial charge >= 0.3 is 0 Å². The van der Waals surface area contributed by atoms with E-state index >= 15 is 0 Å². The first-order chi connectivity index (χ1) is 6.94. The highest BCUT2D eigenvalue weighted by molar-refractivity contribution is 4.95. The van der Waals surface area contributed by atoms with Gasteiger partial charge in [0.15, 0.2) is 5.79 Å². The summed E-state index contributed by atoms with van der Waals surface area (Å²) in [5.74, 6) is 0.243. The lowest BCUT2D eigenvalue weighted by Gasteiger charge is -2.44. The van der Waals surface area contributed by atoms with Crippen LogP contribution in [0, 0.1) is 11.3 Å². The number of hydrogen-bond donors (Lipinski definition) is 1. The number of rotatable bonds is 0. The van der Waals surface area contributed by atoms with Crippen molar-refractivity contribution in [1.82, 2.24) is 0 Å². The molecule has 3 nitrogen and oxygen atoms in total. The van der Waals surface area contributed by atoms with Crippen molar-refractivity contribution in [3.05, 3.63) is 0 Å². The molecular formula is C12H23NO2.